The Balaban J connectivity index is 2.04. The van der Waals surface area contributed by atoms with Gasteiger partial charge in [-0.25, -0.2) is 0 Å². The lowest BCUT2D eigenvalue weighted by atomic mass is 10.0. The standard InChI is InChI=1S/C21H27NO/c1-3-5-17-20(18-13-8-6-9-14-18)22-23-21(12-4-2)19-15-10-7-11-16-19/h3,6-11,13-16,20-22H,1,4-5,12,17H2,2H3/t20?,21-/m0/s1. The first-order valence-electron chi connectivity index (χ1n) is 8.47. The van der Waals surface area contributed by atoms with Crippen molar-refractivity contribution >= 4 is 0 Å². The van der Waals surface area contributed by atoms with Crippen molar-refractivity contribution in [2.75, 3.05) is 0 Å². The zero-order valence-corrected chi connectivity index (χ0v) is 13.9. The van der Waals surface area contributed by atoms with Gasteiger partial charge in [-0.15, -0.1) is 6.58 Å². The molecule has 0 saturated heterocycles. The van der Waals surface area contributed by atoms with Crippen molar-refractivity contribution in [3.05, 3.63) is 84.4 Å². The number of benzene rings is 2. The van der Waals surface area contributed by atoms with E-state index in [1.54, 1.807) is 0 Å². The minimum atomic E-state index is 0.0798. The molecule has 2 atom stereocenters. The van der Waals surface area contributed by atoms with Crippen LogP contribution in [0, 0.1) is 0 Å². The summed E-state index contributed by atoms with van der Waals surface area (Å²) in [6, 6.07) is 21.1. The first kappa shape index (κ1) is 17.5. The van der Waals surface area contributed by atoms with Crippen LogP contribution in [0.3, 0.4) is 0 Å². The Labute approximate surface area is 140 Å². The van der Waals surface area contributed by atoms with Crippen molar-refractivity contribution in [3.63, 3.8) is 0 Å². The molecule has 2 aromatic carbocycles. The van der Waals surface area contributed by atoms with Crippen LogP contribution in [0.15, 0.2) is 73.3 Å². The summed E-state index contributed by atoms with van der Waals surface area (Å²) in [7, 11) is 0. The molecule has 2 rings (SSSR count). The molecule has 122 valence electrons. The van der Waals surface area contributed by atoms with Crippen LogP contribution in [0.4, 0.5) is 0 Å². The molecule has 23 heavy (non-hydrogen) atoms. The van der Waals surface area contributed by atoms with Gasteiger partial charge in [-0.2, -0.15) is 5.48 Å². The van der Waals surface area contributed by atoms with E-state index in [4.69, 9.17) is 4.84 Å². The molecule has 2 nitrogen and oxygen atoms in total. The van der Waals surface area contributed by atoms with Crippen molar-refractivity contribution in [1.82, 2.24) is 5.48 Å². The Kier molecular flexibility index (Phi) is 7.58. The number of allylic oxidation sites excluding steroid dienone is 1. The third-order valence-corrected chi connectivity index (χ3v) is 3.94. The van der Waals surface area contributed by atoms with Gasteiger partial charge in [0, 0.05) is 0 Å². The average molecular weight is 309 g/mol. The molecule has 0 radical (unpaired) electrons. The number of hydroxylamine groups is 1. The number of rotatable bonds is 10. The predicted octanol–water partition coefficient (Wildman–Crippen LogP) is 5.76. The van der Waals surface area contributed by atoms with E-state index in [0.717, 1.165) is 25.7 Å². The largest absolute Gasteiger partial charge is 0.293 e. The van der Waals surface area contributed by atoms with Crippen LogP contribution in [0.5, 0.6) is 0 Å². The smallest absolute Gasteiger partial charge is 0.104 e. The van der Waals surface area contributed by atoms with Crippen molar-refractivity contribution in [2.24, 2.45) is 0 Å². The zero-order valence-electron chi connectivity index (χ0n) is 13.9. The third kappa shape index (κ3) is 5.66. The molecule has 2 aromatic rings. The fourth-order valence-corrected chi connectivity index (χ4v) is 2.65. The maximum absolute atomic E-state index is 6.10. The van der Waals surface area contributed by atoms with Gasteiger partial charge in [-0.3, -0.25) is 4.84 Å². The van der Waals surface area contributed by atoms with Crippen LogP contribution in [-0.4, -0.2) is 0 Å². The summed E-state index contributed by atoms with van der Waals surface area (Å²) in [6.45, 7) is 6.02. The maximum Gasteiger partial charge on any atom is 0.104 e. The second-order valence-electron chi connectivity index (χ2n) is 5.75. The van der Waals surface area contributed by atoms with Gasteiger partial charge in [-0.05, 0) is 30.4 Å². The first-order valence-corrected chi connectivity index (χ1v) is 8.47. The van der Waals surface area contributed by atoms with Gasteiger partial charge in [0.05, 0.1) is 6.04 Å². The minimum Gasteiger partial charge on any atom is -0.293 e. The minimum absolute atomic E-state index is 0.0798. The van der Waals surface area contributed by atoms with Gasteiger partial charge < -0.3 is 0 Å². The normalized spacial score (nSPS) is 13.4. The van der Waals surface area contributed by atoms with Gasteiger partial charge in [0.1, 0.15) is 6.10 Å². The van der Waals surface area contributed by atoms with Gasteiger partial charge in [0.2, 0.25) is 0 Å². The molecular weight excluding hydrogens is 282 g/mol. The SMILES string of the molecule is C=CCCC(NO[C@@H](CCC)c1ccccc1)c1ccccc1. The van der Waals surface area contributed by atoms with Crippen molar-refractivity contribution in [3.8, 4) is 0 Å². The summed E-state index contributed by atoms with van der Waals surface area (Å²) >= 11 is 0. The van der Waals surface area contributed by atoms with E-state index in [-0.39, 0.29) is 12.1 Å². The third-order valence-electron chi connectivity index (χ3n) is 3.94. The molecule has 0 heterocycles. The lowest BCUT2D eigenvalue weighted by molar-refractivity contribution is -0.0520. The summed E-state index contributed by atoms with van der Waals surface area (Å²) in [6.07, 6.45) is 6.06. The molecule has 0 amide bonds. The summed E-state index contributed by atoms with van der Waals surface area (Å²) in [5.41, 5.74) is 5.77. The first-order chi connectivity index (χ1) is 11.3. The van der Waals surface area contributed by atoms with Crippen molar-refractivity contribution < 1.29 is 4.84 Å². The van der Waals surface area contributed by atoms with Crippen molar-refractivity contribution in [1.29, 1.82) is 0 Å². The van der Waals surface area contributed by atoms with E-state index < -0.39 is 0 Å². The Hall–Kier alpha value is -1.90. The van der Waals surface area contributed by atoms with Crippen LogP contribution in [0.25, 0.3) is 0 Å². The van der Waals surface area contributed by atoms with Crippen LogP contribution in [-0.2, 0) is 4.84 Å². The van der Waals surface area contributed by atoms with E-state index in [9.17, 15) is 0 Å². The van der Waals surface area contributed by atoms with Crippen LogP contribution >= 0.6 is 0 Å². The predicted molar refractivity (Wildman–Crippen MR) is 96.9 cm³/mol. The Morgan fingerprint density at radius 2 is 1.57 bits per heavy atom. The lowest BCUT2D eigenvalue weighted by Gasteiger charge is -2.23. The van der Waals surface area contributed by atoms with Crippen LogP contribution < -0.4 is 5.48 Å². The van der Waals surface area contributed by atoms with Crippen LogP contribution in [0.2, 0.25) is 0 Å². The van der Waals surface area contributed by atoms with Crippen LogP contribution in [0.1, 0.15) is 55.9 Å². The van der Waals surface area contributed by atoms with E-state index >= 15 is 0 Å². The second kappa shape index (κ2) is 9.98. The molecule has 2 heteroatoms. The molecule has 0 fully saturated rings. The molecular formula is C21H27NO. The van der Waals surface area contributed by atoms with E-state index in [2.05, 4.69) is 67.5 Å². The number of nitrogens with one attached hydrogen (secondary N) is 1. The Morgan fingerprint density at radius 1 is 0.957 bits per heavy atom. The average Bonchev–Trinajstić information content (AvgIpc) is 2.62. The summed E-state index contributed by atoms with van der Waals surface area (Å²) in [5, 5.41) is 0. The molecule has 0 aliphatic rings. The highest BCUT2D eigenvalue weighted by Gasteiger charge is 2.15. The summed E-state index contributed by atoms with van der Waals surface area (Å²) in [5.74, 6) is 0. The molecule has 0 bridgehead atoms. The molecule has 0 aromatic heterocycles. The van der Waals surface area contributed by atoms with Gasteiger partial charge in [-0.1, -0.05) is 80.1 Å². The monoisotopic (exact) mass is 309 g/mol. The summed E-state index contributed by atoms with van der Waals surface area (Å²) in [4.78, 5) is 6.10. The number of hydrogen-bond donors (Lipinski definition) is 1. The van der Waals surface area contributed by atoms with Gasteiger partial charge in [0.25, 0.3) is 0 Å². The number of hydrogen-bond acceptors (Lipinski definition) is 2. The molecule has 0 saturated carbocycles. The van der Waals surface area contributed by atoms with Gasteiger partial charge >= 0.3 is 0 Å². The second-order valence-corrected chi connectivity index (χ2v) is 5.75. The quantitative estimate of drug-likeness (QED) is 0.445. The van der Waals surface area contributed by atoms with Crippen molar-refractivity contribution in [2.45, 2.75) is 44.8 Å². The van der Waals surface area contributed by atoms with E-state index in [1.807, 2.05) is 18.2 Å². The molecule has 0 spiro atoms. The van der Waals surface area contributed by atoms with E-state index in [0.29, 0.717) is 0 Å². The lowest BCUT2D eigenvalue weighted by Crippen LogP contribution is -2.24. The molecule has 1 N–H and O–H groups in total. The fraction of sp³-hybridized carbons (Fsp3) is 0.333. The Morgan fingerprint density at radius 3 is 2.13 bits per heavy atom. The summed E-state index contributed by atoms with van der Waals surface area (Å²) < 4.78 is 0. The Bertz CT molecular complexity index is 553. The topological polar surface area (TPSA) is 21.3 Å². The highest BCUT2D eigenvalue weighted by atomic mass is 16.7. The van der Waals surface area contributed by atoms with E-state index in [1.165, 1.54) is 11.1 Å². The fourth-order valence-electron chi connectivity index (χ4n) is 2.65. The van der Waals surface area contributed by atoms with Gasteiger partial charge in [0.15, 0.2) is 0 Å². The molecule has 0 aliphatic heterocycles. The highest BCUT2D eigenvalue weighted by Crippen LogP contribution is 2.25. The molecule has 1 unspecified atom stereocenters. The molecule has 0 aliphatic carbocycles. The highest BCUT2D eigenvalue weighted by molar-refractivity contribution is 5.19. The zero-order chi connectivity index (χ0) is 16.3. The maximum atomic E-state index is 6.10.